The molecule has 2 rings (SSSR count). The van der Waals surface area contributed by atoms with E-state index in [2.05, 4.69) is 32.8 Å². The molecule has 0 saturated carbocycles. The molecule has 6 heteroatoms. The van der Waals surface area contributed by atoms with E-state index in [0.717, 1.165) is 23.4 Å². The van der Waals surface area contributed by atoms with Crippen molar-refractivity contribution in [3.05, 3.63) is 37.0 Å². The molecule has 0 aliphatic heterocycles. The minimum Gasteiger partial charge on any atom is -0.305 e. The molecule has 17 heavy (non-hydrogen) atoms. The van der Waals surface area contributed by atoms with E-state index >= 15 is 0 Å². The zero-order valence-electron chi connectivity index (χ0n) is 9.09. The molecule has 0 aliphatic rings. The minimum atomic E-state index is -0.150. The Balaban J connectivity index is 2.52. The van der Waals surface area contributed by atoms with Crippen molar-refractivity contribution in [3.63, 3.8) is 0 Å². The molecule has 0 atom stereocenters. The minimum absolute atomic E-state index is 0.150. The van der Waals surface area contributed by atoms with Crippen LogP contribution in [-0.2, 0) is 6.42 Å². The van der Waals surface area contributed by atoms with Crippen LogP contribution in [0, 0.1) is 0 Å². The summed E-state index contributed by atoms with van der Waals surface area (Å²) in [6.07, 6.45) is 1.72. The van der Waals surface area contributed by atoms with Crippen molar-refractivity contribution in [3.8, 4) is 10.7 Å². The Bertz CT molecular complexity index is 593. The monoisotopic (exact) mass is 332 g/mol. The predicted molar refractivity (Wildman–Crippen MR) is 74.9 cm³/mol. The van der Waals surface area contributed by atoms with Gasteiger partial charge in [0.15, 0.2) is 5.82 Å². The van der Waals surface area contributed by atoms with Gasteiger partial charge in [-0.25, -0.2) is 4.98 Å². The van der Waals surface area contributed by atoms with E-state index in [9.17, 15) is 4.79 Å². The van der Waals surface area contributed by atoms with Gasteiger partial charge in [0.1, 0.15) is 4.47 Å². The predicted octanol–water partition coefficient (Wildman–Crippen LogP) is 3.87. The third-order valence-electron chi connectivity index (χ3n) is 2.22. The van der Waals surface area contributed by atoms with Crippen LogP contribution in [0.4, 0.5) is 0 Å². The normalized spacial score (nSPS) is 10.8. The molecule has 0 spiro atoms. The van der Waals surface area contributed by atoms with Gasteiger partial charge in [-0.2, -0.15) is 0 Å². The Morgan fingerprint density at radius 3 is 2.88 bits per heavy atom. The van der Waals surface area contributed by atoms with Gasteiger partial charge in [-0.1, -0.05) is 24.9 Å². The Morgan fingerprint density at radius 2 is 2.29 bits per heavy atom. The summed E-state index contributed by atoms with van der Waals surface area (Å²) in [5, 5.41) is 0. The molecule has 2 aromatic rings. The number of H-pyrrole nitrogens is 1. The van der Waals surface area contributed by atoms with Crippen LogP contribution < -0.4 is 5.56 Å². The first kappa shape index (κ1) is 12.8. The van der Waals surface area contributed by atoms with Crippen LogP contribution in [0.1, 0.15) is 19.0 Å². The van der Waals surface area contributed by atoms with Crippen molar-refractivity contribution in [1.82, 2.24) is 9.97 Å². The molecule has 0 radical (unpaired) electrons. The maximum Gasteiger partial charge on any atom is 0.265 e. The summed E-state index contributed by atoms with van der Waals surface area (Å²) in [5.41, 5.74) is 0.638. The summed E-state index contributed by atoms with van der Waals surface area (Å²) in [5.74, 6) is 0.582. The van der Waals surface area contributed by atoms with Crippen LogP contribution in [-0.4, -0.2) is 9.97 Å². The number of halogens is 2. The molecule has 0 unspecified atom stereocenters. The zero-order chi connectivity index (χ0) is 12.4. The molecule has 90 valence electrons. The number of thiophene rings is 1. The third-order valence-corrected chi connectivity index (χ3v) is 4.28. The molecule has 0 aliphatic carbocycles. The lowest BCUT2D eigenvalue weighted by Gasteiger charge is -2.03. The molecule has 2 aromatic heterocycles. The van der Waals surface area contributed by atoms with Crippen LogP contribution in [0.15, 0.2) is 21.4 Å². The Morgan fingerprint density at radius 1 is 1.53 bits per heavy atom. The molecule has 0 fully saturated rings. The maximum atomic E-state index is 11.7. The van der Waals surface area contributed by atoms with Crippen molar-refractivity contribution < 1.29 is 0 Å². The molecular weight excluding hydrogens is 324 g/mol. The van der Waals surface area contributed by atoms with Crippen molar-refractivity contribution in [1.29, 1.82) is 0 Å². The van der Waals surface area contributed by atoms with E-state index in [-0.39, 0.29) is 5.56 Å². The second kappa shape index (κ2) is 5.33. The summed E-state index contributed by atoms with van der Waals surface area (Å²) in [4.78, 5) is 19.8. The summed E-state index contributed by atoms with van der Waals surface area (Å²) in [6, 6.07) is 3.65. The lowest BCUT2D eigenvalue weighted by atomic mass is 10.2. The molecule has 0 aromatic carbocycles. The van der Waals surface area contributed by atoms with Crippen LogP contribution in [0.5, 0.6) is 0 Å². The molecule has 0 amide bonds. The number of hydrogen-bond donors (Lipinski definition) is 1. The maximum absolute atomic E-state index is 11.7. The van der Waals surface area contributed by atoms with Crippen LogP contribution in [0.2, 0.25) is 4.34 Å². The SMILES string of the molecule is CCCc1nc(-c2ccc(Cl)s2)[nH]c(=O)c1Br. The van der Waals surface area contributed by atoms with Gasteiger partial charge in [-0.05, 0) is 34.5 Å². The van der Waals surface area contributed by atoms with Crippen molar-refractivity contribution in [2.24, 2.45) is 0 Å². The fourth-order valence-corrected chi connectivity index (χ4v) is 2.84. The quantitative estimate of drug-likeness (QED) is 0.927. The lowest BCUT2D eigenvalue weighted by Crippen LogP contribution is -2.13. The number of aromatic amines is 1. The first-order valence-corrected chi connectivity index (χ1v) is 7.15. The highest BCUT2D eigenvalue weighted by Gasteiger charge is 2.11. The summed E-state index contributed by atoms with van der Waals surface area (Å²) >= 11 is 10.5. The van der Waals surface area contributed by atoms with E-state index in [1.165, 1.54) is 11.3 Å². The number of nitrogens with zero attached hydrogens (tertiary/aromatic N) is 1. The second-order valence-corrected chi connectivity index (χ2v) is 6.04. The Hall–Kier alpha value is -0.650. The molecule has 3 nitrogen and oxygen atoms in total. The summed E-state index contributed by atoms with van der Waals surface area (Å²) < 4.78 is 1.20. The molecule has 1 N–H and O–H groups in total. The van der Waals surface area contributed by atoms with E-state index in [1.54, 1.807) is 6.07 Å². The Labute approximate surface area is 116 Å². The first-order valence-electron chi connectivity index (χ1n) is 5.16. The first-order chi connectivity index (χ1) is 8.11. The summed E-state index contributed by atoms with van der Waals surface area (Å²) in [7, 11) is 0. The number of aromatic nitrogens is 2. The Kier molecular flexibility index (Phi) is 4.01. The average molecular weight is 334 g/mol. The fourth-order valence-electron chi connectivity index (χ4n) is 1.47. The van der Waals surface area contributed by atoms with Gasteiger partial charge in [0.25, 0.3) is 5.56 Å². The van der Waals surface area contributed by atoms with Gasteiger partial charge >= 0.3 is 0 Å². The van der Waals surface area contributed by atoms with Crippen LogP contribution in [0.3, 0.4) is 0 Å². The highest BCUT2D eigenvalue weighted by atomic mass is 79.9. The highest BCUT2D eigenvalue weighted by molar-refractivity contribution is 9.10. The molecule has 0 bridgehead atoms. The fraction of sp³-hybridized carbons (Fsp3) is 0.273. The number of nitrogens with one attached hydrogen (secondary N) is 1. The number of rotatable bonds is 3. The van der Waals surface area contributed by atoms with E-state index in [1.807, 2.05) is 6.07 Å². The largest absolute Gasteiger partial charge is 0.305 e. The van der Waals surface area contributed by atoms with E-state index < -0.39 is 0 Å². The van der Waals surface area contributed by atoms with Crippen molar-refractivity contribution in [2.75, 3.05) is 0 Å². The van der Waals surface area contributed by atoms with E-state index in [0.29, 0.717) is 14.6 Å². The molecule has 0 saturated heterocycles. The highest BCUT2D eigenvalue weighted by Crippen LogP contribution is 2.28. The van der Waals surface area contributed by atoms with Gasteiger partial charge in [0.2, 0.25) is 0 Å². The van der Waals surface area contributed by atoms with Crippen molar-refractivity contribution >= 4 is 38.9 Å². The summed E-state index contributed by atoms with van der Waals surface area (Å²) in [6.45, 7) is 2.05. The average Bonchev–Trinajstić information content (AvgIpc) is 2.71. The van der Waals surface area contributed by atoms with Crippen molar-refractivity contribution in [2.45, 2.75) is 19.8 Å². The van der Waals surface area contributed by atoms with Crippen LogP contribution >= 0.6 is 38.9 Å². The van der Waals surface area contributed by atoms with Crippen LogP contribution in [0.25, 0.3) is 10.7 Å². The number of aryl methyl sites for hydroxylation is 1. The van der Waals surface area contributed by atoms with Gasteiger partial charge < -0.3 is 4.98 Å². The number of hydrogen-bond acceptors (Lipinski definition) is 3. The molecule has 2 heterocycles. The van der Waals surface area contributed by atoms with Gasteiger partial charge in [-0.3, -0.25) is 4.79 Å². The standard InChI is InChI=1S/C11H10BrClN2OS/c1-2-3-6-9(12)11(16)15-10(14-6)7-4-5-8(13)17-7/h4-5H,2-3H2,1H3,(H,14,15,16). The smallest absolute Gasteiger partial charge is 0.265 e. The lowest BCUT2D eigenvalue weighted by molar-refractivity contribution is 0.862. The van der Waals surface area contributed by atoms with Gasteiger partial charge in [0.05, 0.1) is 14.9 Å². The van der Waals surface area contributed by atoms with E-state index in [4.69, 9.17) is 11.6 Å². The zero-order valence-corrected chi connectivity index (χ0v) is 12.2. The topological polar surface area (TPSA) is 45.8 Å². The third kappa shape index (κ3) is 2.78. The molecular formula is C11H10BrClN2OS. The van der Waals surface area contributed by atoms with Gasteiger partial charge in [0, 0.05) is 0 Å². The van der Waals surface area contributed by atoms with Gasteiger partial charge in [-0.15, -0.1) is 11.3 Å². The second-order valence-electron chi connectivity index (χ2n) is 3.53.